The third-order valence-electron chi connectivity index (χ3n) is 7.25. The van der Waals surface area contributed by atoms with Crippen LogP contribution in [0, 0.1) is 0 Å². The maximum absolute atomic E-state index is 14.2. The van der Waals surface area contributed by atoms with Gasteiger partial charge in [-0.15, -0.1) is 0 Å². The van der Waals surface area contributed by atoms with E-state index in [1.165, 1.54) is 23.0 Å². The van der Waals surface area contributed by atoms with Crippen molar-refractivity contribution in [2.45, 2.75) is 46.3 Å². The third kappa shape index (κ3) is 7.17. The van der Waals surface area contributed by atoms with E-state index in [9.17, 15) is 9.59 Å². The Hall–Kier alpha value is -4.05. The lowest BCUT2D eigenvalue weighted by molar-refractivity contribution is -0.139. The van der Waals surface area contributed by atoms with Crippen molar-refractivity contribution < 1.29 is 23.7 Å². The number of fused-ring (bicyclic) bond motifs is 1. The Morgan fingerprint density at radius 1 is 0.935 bits per heavy atom. The second kappa shape index (κ2) is 15.0. The summed E-state index contributed by atoms with van der Waals surface area (Å²) in [6.07, 6.45) is 3.05. The van der Waals surface area contributed by atoms with Crippen molar-refractivity contribution >= 4 is 46.6 Å². The van der Waals surface area contributed by atoms with E-state index in [0.717, 1.165) is 17.5 Å². The van der Waals surface area contributed by atoms with Crippen molar-refractivity contribution in [1.82, 2.24) is 4.57 Å². The van der Waals surface area contributed by atoms with Crippen molar-refractivity contribution in [2.24, 2.45) is 4.99 Å². The quantitative estimate of drug-likeness (QED) is 0.152. The van der Waals surface area contributed by atoms with E-state index in [4.69, 9.17) is 47.1 Å². The molecule has 11 heteroatoms. The zero-order chi connectivity index (χ0) is 32.8. The molecule has 0 N–H and O–H groups in total. The smallest absolute Gasteiger partial charge is 0.338 e. The molecule has 8 nitrogen and oxygen atoms in total. The van der Waals surface area contributed by atoms with Gasteiger partial charge in [0.1, 0.15) is 18.4 Å². The summed E-state index contributed by atoms with van der Waals surface area (Å²) >= 11 is 13.7. The molecule has 4 aromatic rings. The highest BCUT2D eigenvalue weighted by atomic mass is 35.5. The molecule has 0 saturated carbocycles. The summed E-state index contributed by atoms with van der Waals surface area (Å²) in [7, 11) is 1.54. The van der Waals surface area contributed by atoms with Crippen LogP contribution in [0.4, 0.5) is 0 Å². The maximum Gasteiger partial charge on any atom is 0.338 e. The number of rotatable bonds is 12. The standard InChI is InChI=1S/C35H34Cl2N2O6S/c1-5-8-26-31(34(41)44-7-3)32(25-19-24(37)14-16-27(25)42-4)39-33(40)30(46-35(39)38-26)18-22-11-15-28(29(17-22)43-6-2)45-20-21-9-12-23(36)13-10-21/h9-19,32H,5-8,20H2,1-4H3/b30-18+/t32-/m1/s1. The molecule has 2 heterocycles. The number of methoxy groups -OCH3 is 1. The lowest BCUT2D eigenvalue weighted by Crippen LogP contribution is -2.40. The van der Waals surface area contributed by atoms with Gasteiger partial charge in [-0.2, -0.15) is 0 Å². The lowest BCUT2D eigenvalue weighted by Gasteiger charge is -2.27. The summed E-state index contributed by atoms with van der Waals surface area (Å²) in [6, 6.07) is 17.3. The van der Waals surface area contributed by atoms with Crippen LogP contribution in [-0.4, -0.2) is 30.9 Å². The first-order chi connectivity index (χ1) is 22.3. The number of hydrogen-bond donors (Lipinski definition) is 0. The van der Waals surface area contributed by atoms with Crippen LogP contribution < -0.4 is 29.1 Å². The molecular weight excluding hydrogens is 647 g/mol. The van der Waals surface area contributed by atoms with Crippen LogP contribution in [0.15, 0.2) is 81.7 Å². The van der Waals surface area contributed by atoms with E-state index in [1.54, 1.807) is 31.2 Å². The summed E-state index contributed by atoms with van der Waals surface area (Å²) in [5.74, 6) is 1.08. The number of aromatic nitrogens is 1. The number of nitrogens with zero attached hydrogens (tertiary/aromatic N) is 2. The Morgan fingerprint density at radius 2 is 1.67 bits per heavy atom. The monoisotopic (exact) mass is 680 g/mol. The largest absolute Gasteiger partial charge is 0.496 e. The zero-order valence-electron chi connectivity index (χ0n) is 26.0. The Bertz CT molecular complexity index is 1950. The molecule has 0 saturated heterocycles. The van der Waals surface area contributed by atoms with Gasteiger partial charge in [0.2, 0.25) is 0 Å². The molecule has 0 bridgehead atoms. The van der Waals surface area contributed by atoms with Gasteiger partial charge >= 0.3 is 5.97 Å². The van der Waals surface area contributed by atoms with Gasteiger partial charge in [-0.1, -0.05) is 66.1 Å². The summed E-state index contributed by atoms with van der Waals surface area (Å²) in [4.78, 5) is 33.0. The molecule has 5 rings (SSSR count). The molecule has 1 aliphatic heterocycles. The number of allylic oxidation sites excluding steroid dienone is 1. The first-order valence-electron chi connectivity index (χ1n) is 15.0. The molecule has 0 radical (unpaired) electrons. The van der Waals surface area contributed by atoms with Gasteiger partial charge in [-0.25, -0.2) is 9.79 Å². The number of ether oxygens (including phenoxy) is 4. The number of esters is 1. The highest BCUT2D eigenvalue weighted by Crippen LogP contribution is 2.38. The van der Waals surface area contributed by atoms with Gasteiger partial charge in [-0.05, 0) is 79.9 Å². The van der Waals surface area contributed by atoms with Gasteiger partial charge in [0.15, 0.2) is 16.3 Å². The minimum Gasteiger partial charge on any atom is -0.496 e. The Balaban J connectivity index is 1.62. The average Bonchev–Trinajstić information content (AvgIpc) is 3.35. The summed E-state index contributed by atoms with van der Waals surface area (Å²) in [6.45, 7) is 6.59. The molecule has 0 amide bonds. The van der Waals surface area contributed by atoms with Gasteiger partial charge in [0.05, 0.1) is 36.1 Å². The van der Waals surface area contributed by atoms with Gasteiger partial charge in [0, 0.05) is 15.6 Å². The van der Waals surface area contributed by atoms with Crippen molar-refractivity contribution in [3.8, 4) is 17.2 Å². The molecule has 0 unspecified atom stereocenters. The normalized spacial score (nSPS) is 14.5. The lowest BCUT2D eigenvalue weighted by atomic mass is 9.93. The van der Waals surface area contributed by atoms with E-state index in [1.807, 2.05) is 56.3 Å². The summed E-state index contributed by atoms with van der Waals surface area (Å²) in [5.41, 5.74) is 2.82. The fourth-order valence-electron chi connectivity index (χ4n) is 5.23. The predicted octanol–water partition coefficient (Wildman–Crippen LogP) is 6.87. The summed E-state index contributed by atoms with van der Waals surface area (Å²) < 4.78 is 25.1. The molecule has 0 spiro atoms. The zero-order valence-corrected chi connectivity index (χ0v) is 28.3. The fraction of sp³-hybridized carbons (Fsp3) is 0.286. The molecule has 1 atom stereocenters. The van der Waals surface area contributed by atoms with Crippen molar-refractivity contribution in [2.75, 3.05) is 20.3 Å². The molecule has 1 aromatic heterocycles. The van der Waals surface area contributed by atoms with E-state index < -0.39 is 12.0 Å². The number of benzene rings is 3. The highest BCUT2D eigenvalue weighted by molar-refractivity contribution is 7.07. The van der Waals surface area contributed by atoms with E-state index in [2.05, 4.69) is 0 Å². The Morgan fingerprint density at radius 3 is 2.37 bits per heavy atom. The van der Waals surface area contributed by atoms with Crippen molar-refractivity contribution in [3.63, 3.8) is 0 Å². The molecule has 0 aliphatic carbocycles. The van der Waals surface area contributed by atoms with Crippen molar-refractivity contribution in [1.29, 1.82) is 0 Å². The van der Waals surface area contributed by atoms with Gasteiger partial charge in [0.25, 0.3) is 5.56 Å². The van der Waals surface area contributed by atoms with E-state index in [-0.39, 0.29) is 12.2 Å². The molecule has 1 aliphatic rings. The molecule has 3 aromatic carbocycles. The number of carbonyl (C=O) groups excluding carboxylic acids is 1. The number of hydrogen-bond acceptors (Lipinski definition) is 8. The third-order valence-corrected chi connectivity index (χ3v) is 8.72. The fourth-order valence-corrected chi connectivity index (χ4v) is 6.56. The molecule has 0 fully saturated rings. The van der Waals surface area contributed by atoms with E-state index >= 15 is 0 Å². The van der Waals surface area contributed by atoms with Crippen LogP contribution in [0.5, 0.6) is 17.2 Å². The van der Waals surface area contributed by atoms with E-state index in [0.29, 0.717) is 73.1 Å². The van der Waals surface area contributed by atoms with Crippen LogP contribution >= 0.6 is 34.5 Å². The van der Waals surface area contributed by atoms with Gasteiger partial charge in [-0.3, -0.25) is 9.36 Å². The molecular formula is C35H34Cl2N2O6S. The topological polar surface area (TPSA) is 88.4 Å². The van der Waals surface area contributed by atoms with Crippen LogP contribution in [0.3, 0.4) is 0 Å². The van der Waals surface area contributed by atoms with Crippen LogP contribution in [0.1, 0.15) is 56.3 Å². The van der Waals surface area contributed by atoms with Gasteiger partial charge < -0.3 is 18.9 Å². The SMILES string of the molecule is CCCC1=C(C(=O)OCC)[C@@H](c2cc(Cl)ccc2OC)n2c(s/c(=C/c3ccc(OCc4ccc(Cl)cc4)c(OCC)c3)c2=O)=N1. The first kappa shape index (κ1) is 33.3. The number of carbonyl (C=O) groups is 1. The van der Waals surface area contributed by atoms with Crippen molar-refractivity contribution in [3.05, 3.63) is 118 Å². The van der Waals surface area contributed by atoms with Crippen LogP contribution in [0.25, 0.3) is 6.08 Å². The Kier molecular flexibility index (Phi) is 10.9. The van der Waals surface area contributed by atoms with Crippen LogP contribution in [-0.2, 0) is 16.1 Å². The summed E-state index contributed by atoms with van der Waals surface area (Å²) in [5, 5.41) is 1.10. The Labute approximate surface area is 281 Å². The maximum atomic E-state index is 14.2. The molecule has 46 heavy (non-hydrogen) atoms. The number of halogens is 2. The highest BCUT2D eigenvalue weighted by Gasteiger charge is 2.36. The average molecular weight is 682 g/mol. The predicted molar refractivity (Wildman–Crippen MR) is 181 cm³/mol. The first-order valence-corrected chi connectivity index (χ1v) is 16.5. The molecule has 240 valence electrons. The second-order valence-corrected chi connectivity index (χ2v) is 12.2. The number of thiazole rings is 1. The second-order valence-electron chi connectivity index (χ2n) is 10.4. The minimum atomic E-state index is -0.852. The minimum absolute atomic E-state index is 0.174. The van der Waals surface area contributed by atoms with Crippen LogP contribution in [0.2, 0.25) is 10.0 Å².